The lowest BCUT2D eigenvalue weighted by atomic mass is 10.0. The summed E-state index contributed by atoms with van der Waals surface area (Å²) >= 11 is 5.73. The van der Waals surface area contributed by atoms with Gasteiger partial charge in [-0.2, -0.15) is 0 Å². The van der Waals surface area contributed by atoms with Gasteiger partial charge in [-0.05, 0) is 22.8 Å². The van der Waals surface area contributed by atoms with Crippen LogP contribution < -0.4 is 11.1 Å². The number of nitrogens with two attached hydrogens (primary N) is 1. The van der Waals surface area contributed by atoms with Crippen LogP contribution in [0.1, 0.15) is 22.0 Å². The number of primary amides is 1. The molecule has 132 valence electrons. The average Bonchev–Trinajstić information content (AvgIpc) is 2.67. The van der Waals surface area contributed by atoms with E-state index in [1.807, 2.05) is 54.6 Å². The van der Waals surface area contributed by atoms with Crippen LogP contribution in [0.3, 0.4) is 0 Å². The molecule has 3 rings (SSSR count). The van der Waals surface area contributed by atoms with Gasteiger partial charge in [-0.15, -0.1) is 10.2 Å². The van der Waals surface area contributed by atoms with Crippen molar-refractivity contribution in [2.45, 2.75) is 6.10 Å². The van der Waals surface area contributed by atoms with Crippen molar-refractivity contribution in [1.29, 1.82) is 0 Å². The molecule has 0 aliphatic rings. The second-order valence-electron chi connectivity index (χ2n) is 5.68. The van der Waals surface area contributed by atoms with Gasteiger partial charge < -0.3 is 16.2 Å². The van der Waals surface area contributed by atoms with E-state index >= 15 is 0 Å². The van der Waals surface area contributed by atoms with Crippen molar-refractivity contribution in [3.05, 3.63) is 76.9 Å². The number of aliphatic hydroxyl groups is 1. The molecule has 0 saturated carbocycles. The lowest BCUT2D eigenvalue weighted by molar-refractivity contribution is 0.100. The van der Waals surface area contributed by atoms with E-state index in [0.29, 0.717) is 0 Å². The van der Waals surface area contributed by atoms with Crippen molar-refractivity contribution in [3.8, 4) is 11.1 Å². The van der Waals surface area contributed by atoms with Crippen LogP contribution in [0, 0.1) is 0 Å². The van der Waals surface area contributed by atoms with Crippen LogP contribution in [0.4, 0.5) is 5.82 Å². The molecule has 1 atom stereocenters. The molecule has 1 aromatic heterocycles. The van der Waals surface area contributed by atoms with E-state index in [1.54, 1.807) is 0 Å². The molecule has 4 N–H and O–H groups in total. The number of halogens is 1. The van der Waals surface area contributed by atoms with Gasteiger partial charge in [0.2, 0.25) is 0 Å². The third kappa shape index (κ3) is 4.17. The largest absolute Gasteiger partial charge is 0.387 e. The highest BCUT2D eigenvalue weighted by atomic mass is 35.5. The molecule has 2 aromatic carbocycles. The average molecular weight is 369 g/mol. The maximum Gasteiger partial charge on any atom is 0.252 e. The molecular formula is C19H17ClN4O2. The van der Waals surface area contributed by atoms with Crippen molar-refractivity contribution in [2.75, 3.05) is 11.9 Å². The summed E-state index contributed by atoms with van der Waals surface area (Å²) in [5.74, 6) is -0.493. The number of amides is 1. The summed E-state index contributed by atoms with van der Waals surface area (Å²) in [5.41, 5.74) is 8.33. The number of carbonyl (C=O) groups is 1. The minimum atomic E-state index is -0.793. The van der Waals surface area contributed by atoms with Crippen LogP contribution in [-0.2, 0) is 0 Å². The Kier molecular flexibility index (Phi) is 5.46. The summed E-state index contributed by atoms with van der Waals surface area (Å²) in [6.45, 7) is 0.140. The Morgan fingerprint density at radius 3 is 2.38 bits per heavy atom. The number of rotatable bonds is 6. The molecule has 1 unspecified atom stereocenters. The fourth-order valence-electron chi connectivity index (χ4n) is 2.53. The Morgan fingerprint density at radius 1 is 1.08 bits per heavy atom. The standard InChI is InChI=1S/C19H17ClN4O2/c20-17-10-15(18(21)26)19(24-23-17)22-11-16(25)14-8-6-13(7-9-14)12-4-2-1-3-5-12/h1-10,16,25H,11H2,(H2,21,26)(H,22,24). The number of aromatic nitrogens is 2. The number of hydrogen-bond donors (Lipinski definition) is 3. The van der Waals surface area contributed by atoms with E-state index < -0.39 is 12.0 Å². The molecule has 3 aromatic rings. The fourth-order valence-corrected chi connectivity index (χ4v) is 2.67. The highest BCUT2D eigenvalue weighted by molar-refractivity contribution is 6.29. The van der Waals surface area contributed by atoms with Crippen molar-refractivity contribution in [3.63, 3.8) is 0 Å². The van der Waals surface area contributed by atoms with Gasteiger partial charge in [0.1, 0.15) is 0 Å². The van der Waals surface area contributed by atoms with Gasteiger partial charge in [-0.1, -0.05) is 66.2 Å². The van der Waals surface area contributed by atoms with Crippen LogP contribution in [0.2, 0.25) is 5.15 Å². The Bertz CT molecular complexity index is 901. The lowest BCUT2D eigenvalue weighted by Gasteiger charge is -2.14. The molecule has 1 amide bonds. The fraction of sp³-hybridized carbons (Fsp3) is 0.105. The summed E-state index contributed by atoms with van der Waals surface area (Å²) in [5, 5.41) is 20.8. The van der Waals surface area contributed by atoms with Crippen LogP contribution in [0.25, 0.3) is 11.1 Å². The number of nitrogens with one attached hydrogen (secondary N) is 1. The monoisotopic (exact) mass is 368 g/mol. The number of anilines is 1. The molecule has 0 bridgehead atoms. The third-order valence-corrected chi connectivity index (χ3v) is 4.08. The molecule has 0 fully saturated rings. The number of nitrogens with zero attached hydrogens (tertiary/aromatic N) is 2. The van der Waals surface area contributed by atoms with Gasteiger partial charge in [0, 0.05) is 6.54 Å². The maximum atomic E-state index is 11.5. The Balaban J connectivity index is 1.69. The van der Waals surface area contributed by atoms with Crippen molar-refractivity contribution in [1.82, 2.24) is 10.2 Å². The van der Waals surface area contributed by atoms with Gasteiger partial charge in [0.25, 0.3) is 5.91 Å². The first kappa shape index (κ1) is 17.8. The molecule has 0 spiro atoms. The van der Waals surface area contributed by atoms with Gasteiger partial charge in [-0.25, -0.2) is 0 Å². The first-order chi connectivity index (χ1) is 12.5. The van der Waals surface area contributed by atoms with E-state index in [4.69, 9.17) is 17.3 Å². The predicted octanol–water partition coefficient (Wildman–Crippen LogP) is 3.04. The SMILES string of the molecule is NC(=O)c1cc(Cl)nnc1NCC(O)c1ccc(-c2ccccc2)cc1. The summed E-state index contributed by atoms with van der Waals surface area (Å²) < 4.78 is 0. The Morgan fingerprint density at radius 2 is 1.73 bits per heavy atom. The zero-order valence-corrected chi connectivity index (χ0v) is 14.5. The van der Waals surface area contributed by atoms with Crippen molar-refractivity contribution >= 4 is 23.3 Å². The maximum absolute atomic E-state index is 11.5. The van der Waals surface area contributed by atoms with Crippen LogP contribution in [0.15, 0.2) is 60.7 Å². The molecule has 1 heterocycles. The van der Waals surface area contributed by atoms with E-state index in [9.17, 15) is 9.90 Å². The normalized spacial score (nSPS) is 11.8. The summed E-state index contributed by atoms with van der Waals surface area (Å²) in [6, 6.07) is 18.9. The van der Waals surface area contributed by atoms with E-state index in [0.717, 1.165) is 16.7 Å². The zero-order valence-electron chi connectivity index (χ0n) is 13.8. The molecule has 0 radical (unpaired) electrons. The number of benzene rings is 2. The first-order valence-corrected chi connectivity index (χ1v) is 8.33. The highest BCUT2D eigenvalue weighted by Crippen LogP contribution is 2.22. The molecule has 0 saturated heterocycles. The van der Waals surface area contributed by atoms with Crippen molar-refractivity contribution in [2.24, 2.45) is 5.73 Å². The molecule has 7 heteroatoms. The van der Waals surface area contributed by atoms with Crippen LogP contribution in [0.5, 0.6) is 0 Å². The van der Waals surface area contributed by atoms with Crippen molar-refractivity contribution < 1.29 is 9.90 Å². The Labute approximate surface area is 155 Å². The van der Waals surface area contributed by atoms with Gasteiger partial charge in [0.15, 0.2) is 11.0 Å². The highest BCUT2D eigenvalue weighted by Gasteiger charge is 2.14. The lowest BCUT2D eigenvalue weighted by Crippen LogP contribution is -2.19. The molecule has 6 nitrogen and oxygen atoms in total. The summed E-state index contributed by atoms with van der Waals surface area (Å²) in [4.78, 5) is 11.5. The van der Waals surface area contributed by atoms with Gasteiger partial charge in [0.05, 0.1) is 11.7 Å². The second-order valence-corrected chi connectivity index (χ2v) is 6.07. The number of aliphatic hydroxyl groups excluding tert-OH is 1. The van der Waals surface area contributed by atoms with Gasteiger partial charge >= 0.3 is 0 Å². The Hall–Kier alpha value is -2.96. The minimum absolute atomic E-state index is 0.0707. The second kappa shape index (κ2) is 7.95. The number of hydrogen-bond acceptors (Lipinski definition) is 5. The van der Waals surface area contributed by atoms with Crippen LogP contribution in [-0.4, -0.2) is 27.8 Å². The van der Waals surface area contributed by atoms with Crippen LogP contribution >= 0.6 is 11.6 Å². The molecular weight excluding hydrogens is 352 g/mol. The van der Waals surface area contributed by atoms with E-state index in [1.165, 1.54) is 6.07 Å². The summed E-state index contributed by atoms with van der Waals surface area (Å²) in [6.07, 6.45) is -0.793. The van der Waals surface area contributed by atoms with Gasteiger partial charge in [-0.3, -0.25) is 4.79 Å². The van der Waals surface area contributed by atoms with E-state index in [-0.39, 0.29) is 23.1 Å². The quantitative estimate of drug-likeness (QED) is 0.620. The third-order valence-electron chi connectivity index (χ3n) is 3.89. The smallest absolute Gasteiger partial charge is 0.252 e. The van der Waals surface area contributed by atoms with E-state index in [2.05, 4.69) is 15.5 Å². The molecule has 0 aliphatic heterocycles. The molecule has 26 heavy (non-hydrogen) atoms. The topological polar surface area (TPSA) is 101 Å². The first-order valence-electron chi connectivity index (χ1n) is 7.95. The summed E-state index contributed by atoms with van der Waals surface area (Å²) in [7, 11) is 0. The molecule has 0 aliphatic carbocycles. The minimum Gasteiger partial charge on any atom is -0.387 e. The number of carbonyl (C=O) groups excluding carboxylic acids is 1. The predicted molar refractivity (Wildman–Crippen MR) is 101 cm³/mol. The zero-order chi connectivity index (χ0) is 18.5.